The van der Waals surface area contributed by atoms with Crippen molar-refractivity contribution in [3.05, 3.63) is 41.3 Å². The topological polar surface area (TPSA) is 86.7 Å². The number of thiophene rings is 1. The van der Waals surface area contributed by atoms with Gasteiger partial charge in [-0.05, 0) is 48.9 Å². The molecular weight excluding hydrogens is 360 g/mol. The number of rotatable bonds is 4. The number of sulfonamides is 1. The van der Waals surface area contributed by atoms with Gasteiger partial charge >= 0.3 is 0 Å². The molecule has 25 heavy (non-hydrogen) atoms. The average Bonchev–Trinajstić information content (AvgIpc) is 3.13. The van der Waals surface area contributed by atoms with Crippen LogP contribution in [0, 0.1) is 12.8 Å². The summed E-state index contributed by atoms with van der Waals surface area (Å²) in [5, 5.41) is 14.4. The van der Waals surface area contributed by atoms with Crippen molar-refractivity contribution in [3.63, 3.8) is 0 Å². The maximum absolute atomic E-state index is 12.6. The Morgan fingerprint density at radius 3 is 2.84 bits per heavy atom. The summed E-state index contributed by atoms with van der Waals surface area (Å²) in [6, 6.07) is 8.29. The van der Waals surface area contributed by atoms with Gasteiger partial charge in [0.05, 0.1) is 11.6 Å². The van der Waals surface area contributed by atoms with Crippen LogP contribution in [0.2, 0.25) is 0 Å². The second kappa shape index (κ2) is 7.15. The van der Waals surface area contributed by atoms with Gasteiger partial charge in [0, 0.05) is 13.1 Å². The molecule has 1 fully saturated rings. The van der Waals surface area contributed by atoms with Crippen LogP contribution in [0.1, 0.15) is 18.4 Å². The number of carbonyl (C=O) groups excluding carboxylic acids is 1. The highest BCUT2D eigenvalue weighted by molar-refractivity contribution is 7.91. The number of hydrogen-bond donors (Lipinski definition) is 2. The molecule has 0 spiro atoms. The van der Waals surface area contributed by atoms with E-state index in [4.69, 9.17) is 0 Å². The number of nitrogens with zero attached hydrogens (tertiary/aromatic N) is 1. The third-order valence-electron chi connectivity index (χ3n) is 4.26. The number of phenols is 1. The molecule has 0 saturated carbocycles. The minimum absolute atomic E-state index is 0.00669. The van der Waals surface area contributed by atoms with Crippen molar-refractivity contribution in [1.82, 2.24) is 4.31 Å². The van der Waals surface area contributed by atoms with Crippen LogP contribution in [0.3, 0.4) is 0 Å². The van der Waals surface area contributed by atoms with E-state index >= 15 is 0 Å². The van der Waals surface area contributed by atoms with Crippen molar-refractivity contribution >= 4 is 33.0 Å². The number of anilines is 1. The highest BCUT2D eigenvalue weighted by atomic mass is 32.2. The molecule has 134 valence electrons. The minimum atomic E-state index is -3.55. The van der Waals surface area contributed by atoms with Gasteiger partial charge in [0.25, 0.3) is 10.0 Å². The molecule has 8 heteroatoms. The lowest BCUT2D eigenvalue weighted by atomic mass is 9.98. The third kappa shape index (κ3) is 3.86. The molecule has 1 aliphatic rings. The number of aryl methyl sites for hydroxylation is 1. The first kappa shape index (κ1) is 17.9. The number of benzene rings is 1. The molecule has 1 atom stereocenters. The van der Waals surface area contributed by atoms with Crippen LogP contribution in [0.5, 0.6) is 5.75 Å². The van der Waals surface area contributed by atoms with E-state index in [0.29, 0.717) is 29.3 Å². The second-order valence-corrected chi connectivity index (χ2v) is 9.26. The predicted molar refractivity (Wildman–Crippen MR) is 97.3 cm³/mol. The summed E-state index contributed by atoms with van der Waals surface area (Å²) in [7, 11) is -3.55. The molecule has 1 aromatic heterocycles. The largest absolute Gasteiger partial charge is 0.506 e. The predicted octanol–water partition coefficient (Wildman–Crippen LogP) is 2.80. The molecule has 3 rings (SSSR count). The molecule has 2 N–H and O–H groups in total. The second-order valence-electron chi connectivity index (χ2n) is 6.14. The monoisotopic (exact) mass is 380 g/mol. The Kier molecular flexibility index (Phi) is 5.12. The van der Waals surface area contributed by atoms with E-state index in [9.17, 15) is 18.3 Å². The number of nitrogens with one attached hydrogen (secondary N) is 1. The Bertz CT molecular complexity index is 863. The maximum atomic E-state index is 12.6. The number of carbonyl (C=O) groups is 1. The van der Waals surface area contributed by atoms with Gasteiger partial charge in [-0.1, -0.05) is 12.1 Å². The SMILES string of the molecule is Cc1ccc(NC(=O)C2CCCN(S(=O)(=O)c3cccs3)C2)c(O)c1. The number of hydrogen-bond acceptors (Lipinski definition) is 5. The third-order valence-corrected chi connectivity index (χ3v) is 7.49. The Morgan fingerprint density at radius 1 is 1.36 bits per heavy atom. The molecule has 1 aromatic carbocycles. The molecule has 1 unspecified atom stereocenters. The summed E-state index contributed by atoms with van der Waals surface area (Å²) in [5.74, 6) is -0.707. The van der Waals surface area contributed by atoms with E-state index in [-0.39, 0.29) is 18.2 Å². The molecular formula is C17H20N2O4S2. The highest BCUT2D eigenvalue weighted by Crippen LogP contribution is 2.29. The summed E-state index contributed by atoms with van der Waals surface area (Å²) >= 11 is 1.18. The fourth-order valence-electron chi connectivity index (χ4n) is 2.89. The molecule has 1 saturated heterocycles. The summed E-state index contributed by atoms with van der Waals surface area (Å²) < 4.78 is 26.9. The zero-order chi connectivity index (χ0) is 18.0. The molecule has 6 nitrogen and oxygen atoms in total. The van der Waals surface area contributed by atoms with Crippen molar-refractivity contribution in [1.29, 1.82) is 0 Å². The summed E-state index contributed by atoms with van der Waals surface area (Å²) in [4.78, 5) is 12.5. The lowest BCUT2D eigenvalue weighted by Crippen LogP contribution is -2.43. The van der Waals surface area contributed by atoms with E-state index in [2.05, 4.69) is 5.32 Å². The van der Waals surface area contributed by atoms with Gasteiger partial charge in [0.1, 0.15) is 9.96 Å². The van der Waals surface area contributed by atoms with Gasteiger partial charge < -0.3 is 10.4 Å². The van der Waals surface area contributed by atoms with Gasteiger partial charge in [-0.2, -0.15) is 4.31 Å². The molecule has 2 heterocycles. The Balaban J connectivity index is 1.72. The van der Waals surface area contributed by atoms with Gasteiger partial charge in [0.15, 0.2) is 0 Å². The molecule has 0 radical (unpaired) electrons. The first-order valence-electron chi connectivity index (χ1n) is 8.02. The van der Waals surface area contributed by atoms with Gasteiger partial charge in [-0.15, -0.1) is 11.3 Å². The average molecular weight is 380 g/mol. The Hall–Kier alpha value is -1.90. The molecule has 1 aliphatic heterocycles. The number of aromatic hydroxyl groups is 1. The minimum Gasteiger partial charge on any atom is -0.506 e. The quantitative estimate of drug-likeness (QED) is 0.799. The summed E-state index contributed by atoms with van der Waals surface area (Å²) in [6.45, 7) is 2.41. The van der Waals surface area contributed by atoms with Crippen LogP contribution < -0.4 is 5.32 Å². The van der Waals surface area contributed by atoms with Crippen molar-refractivity contribution in [2.75, 3.05) is 18.4 Å². The zero-order valence-electron chi connectivity index (χ0n) is 13.8. The van der Waals surface area contributed by atoms with E-state index in [1.807, 2.05) is 6.92 Å². The van der Waals surface area contributed by atoms with E-state index in [1.54, 1.807) is 35.7 Å². The van der Waals surface area contributed by atoms with Crippen molar-refractivity contribution in [3.8, 4) is 5.75 Å². The summed E-state index contributed by atoms with van der Waals surface area (Å²) in [5.41, 5.74) is 1.23. The van der Waals surface area contributed by atoms with Crippen LogP contribution in [0.15, 0.2) is 39.9 Å². The summed E-state index contributed by atoms with van der Waals surface area (Å²) in [6.07, 6.45) is 1.25. The first-order chi connectivity index (χ1) is 11.9. The molecule has 0 bridgehead atoms. The lowest BCUT2D eigenvalue weighted by molar-refractivity contribution is -0.120. The molecule has 2 aromatic rings. The molecule has 1 amide bonds. The number of phenolic OH excluding ortho intramolecular Hbond substituents is 1. The van der Waals surface area contributed by atoms with Gasteiger partial charge in [-0.25, -0.2) is 8.42 Å². The zero-order valence-corrected chi connectivity index (χ0v) is 15.4. The van der Waals surface area contributed by atoms with E-state index < -0.39 is 15.9 Å². The van der Waals surface area contributed by atoms with E-state index in [1.165, 1.54) is 15.6 Å². The van der Waals surface area contributed by atoms with Crippen molar-refractivity contribution in [2.24, 2.45) is 5.92 Å². The highest BCUT2D eigenvalue weighted by Gasteiger charge is 2.33. The van der Waals surface area contributed by atoms with Gasteiger partial charge in [0.2, 0.25) is 5.91 Å². The fourth-order valence-corrected chi connectivity index (χ4v) is 5.56. The Morgan fingerprint density at radius 2 is 2.16 bits per heavy atom. The fraction of sp³-hybridized carbons (Fsp3) is 0.353. The normalized spacial score (nSPS) is 18.8. The maximum Gasteiger partial charge on any atom is 0.252 e. The van der Waals surface area contributed by atoms with Crippen LogP contribution in [0.25, 0.3) is 0 Å². The van der Waals surface area contributed by atoms with Gasteiger partial charge in [-0.3, -0.25) is 4.79 Å². The molecule has 0 aliphatic carbocycles. The van der Waals surface area contributed by atoms with E-state index in [0.717, 1.165) is 5.56 Å². The van der Waals surface area contributed by atoms with Crippen molar-refractivity contribution < 1.29 is 18.3 Å². The number of piperidine rings is 1. The van der Waals surface area contributed by atoms with Crippen LogP contribution >= 0.6 is 11.3 Å². The van der Waals surface area contributed by atoms with Crippen molar-refractivity contribution in [2.45, 2.75) is 24.0 Å². The van der Waals surface area contributed by atoms with Crippen LogP contribution in [-0.4, -0.2) is 36.8 Å². The smallest absolute Gasteiger partial charge is 0.252 e. The van der Waals surface area contributed by atoms with Crippen LogP contribution in [-0.2, 0) is 14.8 Å². The van der Waals surface area contributed by atoms with Crippen LogP contribution in [0.4, 0.5) is 5.69 Å². The standard InChI is InChI=1S/C17H20N2O4S2/c1-12-6-7-14(15(20)10-12)18-17(21)13-4-2-8-19(11-13)25(22,23)16-5-3-9-24-16/h3,5-7,9-10,13,20H,2,4,8,11H2,1H3,(H,18,21). The first-order valence-corrected chi connectivity index (χ1v) is 10.3. The Labute approximate surface area is 151 Å². The number of amides is 1. The lowest BCUT2D eigenvalue weighted by Gasteiger charge is -2.30.